The fourth-order valence-electron chi connectivity index (χ4n) is 1.60. The van der Waals surface area contributed by atoms with Gasteiger partial charge in [-0.1, -0.05) is 12.1 Å². The van der Waals surface area contributed by atoms with Crippen LogP contribution >= 0.6 is 0 Å². The molecule has 1 fully saturated rings. The minimum atomic E-state index is -0.411. The average molecular weight is 200 g/mol. The molecule has 0 bridgehead atoms. The van der Waals surface area contributed by atoms with Gasteiger partial charge in [0, 0.05) is 18.5 Å². The quantitative estimate of drug-likeness (QED) is 0.238. The molecule has 1 rings (SSSR count). The van der Waals surface area contributed by atoms with Crippen LogP contribution in [-0.2, 0) is 0 Å². The Morgan fingerprint density at radius 2 is 1.93 bits per heavy atom. The molecule has 80 valence electrons. The van der Waals surface area contributed by atoms with Crippen molar-refractivity contribution >= 4 is 11.9 Å². The molecule has 14 heavy (non-hydrogen) atoms. The number of primary amides is 1. The second-order valence-corrected chi connectivity index (χ2v) is 3.87. The molecule has 0 atom stereocenters. The van der Waals surface area contributed by atoms with Gasteiger partial charge in [0.25, 0.3) is 0 Å². The molecule has 5 N–H and O–H groups in total. The Kier molecular flexibility index (Phi) is 2.83. The molecular weight excluding hydrogens is 184 g/mol. The van der Waals surface area contributed by atoms with Crippen molar-refractivity contribution in [2.45, 2.75) is 19.8 Å². The molecular formula is C8H16N4O2. The van der Waals surface area contributed by atoms with Crippen LogP contribution < -0.4 is 11.5 Å². The van der Waals surface area contributed by atoms with Crippen molar-refractivity contribution in [3.8, 4) is 0 Å². The third-order valence-corrected chi connectivity index (χ3v) is 2.90. The topological polar surface area (TPSA) is 105 Å². The van der Waals surface area contributed by atoms with Gasteiger partial charge in [0.2, 0.25) is 0 Å². The highest BCUT2D eigenvalue weighted by Crippen LogP contribution is 2.30. The van der Waals surface area contributed by atoms with E-state index in [1.54, 1.807) is 4.90 Å². The summed E-state index contributed by atoms with van der Waals surface area (Å²) in [5.41, 5.74) is 10.4. The molecule has 1 heterocycles. The summed E-state index contributed by atoms with van der Waals surface area (Å²) in [7, 11) is 0. The number of hydrogen-bond donors (Lipinski definition) is 3. The molecule has 0 aromatic carbocycles. The van der Waals surface area contributed by atoms with Crippen LogP contribution in [0.5, 0.6) is 0 Å². The van der Waals surface area contributed by atoms with Crippen LogP contribution in [0.1, 0.15) is 19.8 Å². The third kappa shape index (κ3) is 1.89. The van der Waals surface area contributed by atoms with E-state index in [1.165, 1.54) is 0 Å². The fourth-order valence-corrected chi connectivity index (χ4v) is 1.60. The predicted molar refractivity (Wildman–Crippen MR) is 51.9 cm³/mol. The van der Waals surface area contributed by atoms with Gasteiger partial charge in [-0.05, 0) is 12.8 Å². The minimum Gasteiger partial charge on any atom is -0.409 e. The van der Waals surface area contributed by atoms with Gasteiger partial charge in [-0.25, -0.2) is 4.79 Å². The molecule has 0 aliphatic carbocycles. The van der Waals surface area contributed by atoms with Gasteiger partial charge in [0.15, 0.2) is 0 Å². The molecule has 1 saturated heterocycles. The summed E-state index contributed by atoms with van der Waals surface area (Å²) in [6, 6.07) is -0.411. The SMILES string of the molecule is CC1(C(N)=NO)CCN(C(N)=O)CC1. The molecule has 1 aliphatic heterocycles. The lowest BCUT2D eigenvalue weighted by Gasteiger charge is -2.37. The van der Waals surface area contributed by atoms with Crippen molar-refractivity contribution < 1.29 is 10.0 Å². The molecule has 0 unspecified atom stereocenters. The van der Waals surface area contributed by atoms with Crippen LogP contribution in [0.4, 0.5) is 4.79 Å². The molecule has 0 saturated carbocycles. The number of carbonyl (C=O) groups excluding carboxylic acids is 1. The van der Waals surface area contributed by atoms with E-state index < -0.39 is 6.03 Å². The minimum absolute atomic E-state index is 0.224. The molecule has 0 radical (unpaired) electrons. The number of amides is 2. The smallest absolute Gasteiger partial charge is 0.314 e. The van der Waals surface area contributed by atoms with E-state index in [2.05, 4.69) is 5.16 Å². The maximum Gasteiger partial charge on any atom is 0.314 e. The number of urea groups is 1. The summed E-state index contributed by atoms with van der Waals surface area (Å²) in [6.45, 7) is 3.03. The Morgan fingerprint density at radius 3 is 2.29 bits per heavy atom. The van der Waals surface area contributed by atoms with Crippen LogP contribution in [-0.4, -0.2) is 35.1 Å². The number of rotatable bonds is 1. The molecule has 6 nitrogen and oxygen atoms in total. The van der Waals surface area contributed by atoms with Gasteiger partial charge in [-0.3, -0.25) is 0 Å². The van der Waals surface area contributed by atoms with E-state index in [-0.39, 0.29) is 11.3 Å². The highest BCUT2D eigenvalue weighted by Gasteiger charge is 2.34. The first-order chi connectivity index (χ1) is 6.49. The lowest BCUT2D eigenvalue weighted by molar-refractivity contribution is 0.165. The van der Waals surface area contributed by atoms with Crippen molar-refractivity contribution in [3.63, 3.8) is 0 Å². The Hall–Kier alpha value is -1.46. The van der Waals surface area contributed by atoms with Crippen LogP contribution in [0.25, 0.3) is 0 Å². The fraction of sp³-hybridized carbons (Fsp3) is 0.750. The molecule has 2 amide bonds. The van der Waals surface area contributed by atoms with Gasteiger partial charge in [-0.15, -0.1) is 0 Å². The first-order valence-electron chi connectivity index (χ1n) is 4.52. The zero-order valence-electron chi connectivity index (χ0n) is 8.23. The predicted octanol–water partition coefficient (Wildman–Crippen LogP) is -0.0864. The van der Waals surface area contributed by atoms with Crippen LogP contribution in [0.2, 0.25) is 0 Å². The highest BCUT2D eigenvalue weighted by molar-refractivity contribution is 5.86. The van der Waals surface area contributed by atoms with E-state index >= 15 is 0 Å². The first-order valence-corrected chi connectivity index (χ1v) is 4.52. The Bertz CT molecular complexity index is 256. The van der Waals surface area contributed by atoms with Gasteiger partial charge in [0.1, 0.15) is 5.84 Å². The van der Waals surface area contributed by atoms with Crippen molar-refractivity contribution in [3.05, 3.63) is 0 Å². The van der Waals surface area contributed by atoms with E-state index in [9.17, 15) is 4.79 Å². The largest absolute Gasteiger partial charge is 0.409 e. The average Bonchev–Trinajstić information content (AvgIpc) is 2.17. The number of hydrogen-bond acceptors (Lipinski definition) is 3. The van der Waals surface area contributed by atoms with Crippen molar-refractivity contribution in [2.75, 3.05) is 13.1 Å². The lowest BCUT2D eigenvalue weighted by atomic mass is 9.79. The number of amidine groups is 1. The Morgan fingerprint density at radius 1 is 1.43 bits per heavy atom. The maximum atomic E-state index is 10.8. The van der Waals surface area contributed by atoms with Crippen LogP contribution in [0.3, 0.4) is 0 Å². The molecule has 0 aromatic heterocycles. The number of piperidine rings is 1. The Labute approximate surface area is 82.5 Å². The summed E-state index contributed by atoms with van der Waals surface area (Å²) < 4.78 is 0. The van der Waals surface area contributed by atoms with Crippen LogP contribution in [0.15, 0.2) is 5.16 Å². The van der Waals surface area contributed by atoms with E-state index in [1.807, 2.05) is 6.92 Å². The van der Waals surface area contributed by atoms with Crippen LogP contribution in [0, 0.1) is 5.41 Å². The van der Waals surface area contributed by atoms with E-state index in [4.69, 9.17) is 16.7 Å². The summed E-state index contributed by atoms with van der Waals surface area (Å²) >= 11 is 0. The normalized spacial score (nSPS) is 22.1. The number of nitrogens with two attached hydrogens (primary N) is 2. The lowest BCUT2D eigenvalue weighted by Crippen LogP contribution is -2.48. The summed E-state index contributed by atoms with van der Waals surface area (Å²) in [5.74, 6) is 0.224. The standard InChI is InChI=1S/C8H16N4O2/c1-8(6(9)11-14)2-4-12(5-3-8)7(10)13/h14H,2-5H2,1H3,(H2,9,11)(H2,10,13). The second kappa shape index (κ2) is 3.73. The number of oxime groups is 1. The zero-order chi connectivity index (χ0) is 10.8. The molecule has 1 aliphatic rings. The Balaban J connectivity index is 2.62. The van der Waals surface area contributed by atoms with E-state index in [0.717, 1.165) is 0 Å². The monoisotopic (exact) mass is 200 g/mol. The number of nitrogens with zero attached hydrogens (tertiary/aromatic N) is 2. The second-order valence-electron chi connectivity index (χ2n) is 3.87. The summed E-state index contributed by atoms with van der Waals surface area (Å²) in [4.78, 5) is 12.4. The zero-order valence-corrected chi connectivity index (χ0v) is 8.23. The summed E-state index contributed by atoms with van der Waals surface area (Å²) in [6.07, 6.45) is 1.34. The third-order valence-electron chi connectivity index (χ3n) is 2.90. The van der Waals surface area contributed by atoms with Gasteiger partial charge in [0.05, 0.1) is 0 Å². The molecule has 0 spiro atoms. The van der Waals surface area contributed by atoms with Crippen molar-refractivity contribution in [1.82, 2.24) is 4.90 Å². The number of carbonyl (C=O) groups is 1. The van der Waals surface area contributed by atoms with Crippen molar-refractivity contribution in [1.29, 1.82) is 0 Å². The van der Waals surface area contributed by atoms with E-state index in [0.29, 0.717) is 25.9 Å². The van der Waals surface area contributed by atoms with Gasteiger partial charge in [-0.2, -0.15) is 0 Å². The first kappa shape index (κ1) is 10.6. The highest BCUT2D eigenvalue weighted by atomic mass is 16.4. The van der Waals surface area contributed by atoms with Gasteiger partial charge < -0.3 is 21.6 Å². The summed E-state index contributed by atoms with van der Waals surface area (Å²) in [5, 5.41) is 11.6. The van der Waals surface area contributed by atoms with Crippen molar-refractivity contribution in [2.24, 2.45) is 22.0 Å². The van der Waals surface area contributed by atoms with Gasteiger partial charge >= 0.3 is 6.03 Å². The maximum absolute atomic E-state index is 10.8. The number of likely N-dealkylation sites (tertiary alicyclic amines) is 1. The molecule has 6 heteroatoms. The molecule has 0 aromatic rings.